The summed E-state index contributed by atoms with van der Waals surface area (Å²) in [5, 5.41) is 6.44. The second kappa shape index (κ2) is 4.92. The number of hydrogen-bond acceptors (Lipinski definition) is 2. The zero-order valence-corrected chi connectivity index (χ0v) is 12.0. The van der Waals surface area contributed by atoms with Crippen LogP contribution in [0, 0.1) is 0 Å². The Kier molecular flexibility index (Phi) is 3.82. The number of hydrogen-bond donors (Lipinski definition) is 0. The van der Waals surface area contributed by atoms with E-state index in [1.54, 1.807) is 22.7 Å². The Bertz CT molecular complexity index is 392. The van der Waals surface area contributed by atoms with Crippen molar-refractivity contribution in [2.75, 3.05) is 0 Å². The van der Waals surface area contributed by atoms with Crippen molar-refractivity contribution in [2.45, 2.75) is 11.2 Å². The van der Waals surface area contributed by atoms with Crippen molar-refractivity contribution in [2.24, 2.45) is 0 Å². The summed E-state index contributed by atoms with van der Waals surface area (Å²) in [6.07, 6.45) is 1.06. The quantitative estimate of drug-likeness (QED) is 0.662. The average molecular weight is 352 g/mol. The van der Waals surface area contributed by atoms with Gasteiger partial charge in [0.2, 0.25) is 0 Å². The summed E-state index contributed by atoms with van der Waals surface area (Å²) in [5.74, 6) is 0. The Morgan fingerprint density at radius 2 is 2.14 bits per heavy atom. The lowest BCUT2D eigenvalue weighted by molar-refractivity contribution is 0.971. The zero-order chi connectivity index (χ0) is 9.97. The number of thiophene rings is 2. The summed E-state index contributed by atoms with van der Waals surface area (Å²) in [6.45, 7) is 0. The van der Waals surface area contributed by atoms with Gasteiger partial charge in [0.25, 0.3) is 0 Å². The molecule has 14 heavy (non-hydrogen) atoms. The summed E-state index contributed by atoms with van der Waals surface area (Å²) >= 11 is 10.8. The van der Waals surface area contributed by atoms with Gasteiger partial charge in [-0.3, -0.25) is 0 Å². The Labute approximate surface area is 108 Å². The van der Waals surface area contributed by atoms with E-state index in [-0.39, 0.29) is 0 Å². The van der Waals surface area contributed by atoms with Gasteiger partial charge in [-0.15, -0.1) is 11.3 Å². The third-order valence-corrected chi connectivity index (χ3v) is 5.73. The van der Waals surface area contributed by atoms with E-state index in [1.165, 1.54) is 14.9 Å². The van der Waals surface area contributed by atoms with Gasteiger partial charge in [-0.1, -0.05) is 15.9 Å². The molecule has 0 aliphatic carbocycles. The van der Waals surface area contributed by atoms with Crippen molar-refractivity contribution in [1.29, 1.82) is 0 Å². The highest BCUT2D eigenvalue weighted by Crippen LogP contribution is 2.36. The van der Waals surface area contributed by atoms with E-state index in [9.17, 15) is 0 Å². The Morgan fingerprint density at radius 1 is 1.29 bits per heavy atom. The fraction of sp³-hybridized carbons (Fsp3) is 0.200. The molecule has 0 aromatic carbocycles. The fourth-order valence-electron chi connectivity index (χ4n) is 1.24. The van der Waals surface area contributed by atoms with E-state index in [4.69, 9.17) is 0 Å². The first-order valence-electron chi connectivity index (χ1n) is 4.15. The van der Waals surface area contributed by atoms with Gasteiger partial charge in [0.1, 0.15) is 0 Å². The summed E-state index contributed by atoms with van der Waals surface area (Å²) in [5.41, 5.74) is 1.40. The van der Waals surface area contributed by atoms with Crippen LogP contribution in [-0.4, -0.2) is 0 Å². The van der Waals surface area contributed by atoms with Gasteiger partial charge in [-0.05, 0) is 56.2 Å². The van der Waals surface area contributed by atoms with E-state index in [0.29, 0.717) is 4.83 Å². The Morgan fingerprint density at radius 3 is 2.71 bits per heavy atom. The predicted molar refractivity (Wildman–Crippen MR) is 71.7 cm³/mol. The molecular weight excluding hydrogens is 344 g/mol. The first kappa shape index (κ1) is 10.9. The second-order valence-electron chi connectivity index (χ2n) is 2.94. The molecule has 0 nitrogen and oxygen atoms in total. The van der Waals surface area contributed by atoms with E-state index in [2.05, 4.69) is 60.1 Å². The number of rotatable bonds is 3. The minimum Gasteiger partial charge on any atom is -0.152 e. The molecule has 0 spiro atoms. The molecule has 4 heteroatoms. The van der Waals surface area contributed by atoms with E-state index >= 15 is 0 Å². The van der Waals surface area contributed by atoms with E-state index in [1.807, 2.05) is 0 Å². The minimum absolute atomic E-state index is 0.423. The summed E-state index contributed by atoms with van der Waals surface area (Å²) in [7, 11) is 0. The van der Waals surface area contributed by atoms with Crippen molar-refractivity contribution in [3.63, 3.8) is 0 Å². The normalized spacial score (nSPS) is 13.0. The van der Waals surface area contributed by atoms with E-state index < -0.39 is 0 Å². The fourth-order valence-corrected chi connectivity index (χ4v) is 4.80. The van der Waals surface area contributed by atoms with Crippen LogP contribution in [0.5, 0.6) is 0 Å². The molecule has 0 saturated carbocycles. The third-order valence-electron chi connectivity index (χ3n) is 1.92. The van der Waals surface area contributed by atoms with Gasteiger partial charge in [-0.25, -0.2) is 0 Å². The van der Waals surface area contributed by atoms with Crippen molar-refractivity contribution in [3.05, 3.63) is 43.2 Å². The summed E-state index contributed by atoms with van der Waals surface area (Å²) in [4.78, 5) is 1.79. The highest BCUT2D eigenvalue weighted by atomic mass is 79.9. The maximum Gasteiger partial charge on any atom is 0.0541 e. The van der Waals surface area contributed by atoms with E-state index in [0.717, 1.165) is 6.42 Å². The predicted octanol–water partition coefficient (Wildman–Crippen LogP) is 5.25. The molecule has 1 unspecified atom stereocenters. The van der Waals surface area contributed by atoms with Crippen molar-refractivity contribution in [1.82, 2.24) is 0 Å². The standard InChI is InChI=1S/C10H8Br2S2/c11-8-2-4-14-10(8)9(12)5-7-1-3-13-6-7/h1-4,6,9H,5H2. The van der Waals surface area contributed by atoms with Crippen LogP contribution >= 0.6 is 54.5 Å². The van der Waals surface area contributed by atoms with Gasteiger partial charge < -0.3 is 0 Å². The maximum absolute atomic E-state index is 3.72. The van der Waals surface area contributed by atoms with Crippen LogP contribution in [0.15, 0.2) is 32.7 Å². The highest BCUT2D eigenvalue weighted by molar-refractivity contribution is 9.11. The molecular formula is C10H8Br2S2. The van der Waals surface area contributed by atoms with Gasteiger partial charge >= 0.3 is 0 Å². The average Bonchev–Trinajstić information content (AvgIpc) is 2.75. The molecule has 74 valence electrons. The van der Waals surface area contributed by atoms with Crippen LogP contribution < -0.4 is 0 Å². The summed E-state index contributed by atoms with van der Waals surface area (Å²) in [6, 6.07) is 4.28. The third kappa shape index (κ3) is 2.48. The largest absolute Gasteiger partial charge is 0.152 e. The number of alkyl halides is 1. The lowest BCUT2D eigenvalue weighted by atomic mass is 10.2. The minimum atomic E-state index is 0.423. The zero-order valence-electron chi connectivity index (χ0n) is 7.24. The highest BCUT2D eigenvalue weighted by Gasteiger charge is 2.13. The van der Waals surface area contributed by atoms with Gasteiger partial charge in [-0.2, -0.15) is 11.3 Å². The van der Waals surface area contributed by atoms with Crippen LogP contribution in [0.2, 0.25) is 0 Å². The van der Waals surface area contributed by atoms with Crippen LogP contribution in [0.1, 0.15) is 15.3 Å². The molecule has 0 saturated heterocycles. The molecule has 0 amide bonds. The van der Waals surface area contributed by atoms with Crippen molar-refractivity contribution >= 4 is 54.5 Å². The topological polar surface area (TPSA) is 0 Å². The molecule has 1 atom stereocenters. The molecule has 0 aliphatic heterocycles. The molecule has 2 heterocycles. The second-order valence-corrected chi connectivity index (χ2v) is 6.62. The maximum atomic E-state index is 3.72. The molecule has 2 aromatic heterocycles. The summed E-state index contributed by atoms with van der Waals surface area (Å²) < 4.78 is 1.21. The SMILES string of the molecule is Brc1ccsc1C(Br)Cc1ccsc1. The monoisotopic (exact) mass is 350 g/mol. The smallest absolute Gasteiger partial charge is 0.0541 e. The molecule has 0 radical (unpaired) electrons. The Hall–Kier alpha value is 0.360. The molecule has 0 bridgehead atoms. The van der Waals surface area contributed by atoms with Gasteiger partial charge in [0.05, 0.1) is 4.83 Å². The molecule has 0 fully saturated rings. The van der Waals surface area contributed by atoms with Crippen LogP contribution in [0.25, 0.3) is 0 Å². The molecule has 0 N–H and O–H groups in total. The lowest BCUT2D eigenvalue weighted by Crippen LogP contribution is -1.91. The Balaban J connectivity index is 2.10. The molecule has 0 aliphatic rings. The van der Waals surface area contributed by atoms with Crippen LogP contribution in [-0.2, 0) is 6.42 Å². The first-order chi connectivity index (χ1) is 6.77. The first-order valence-corrected chi connectivity index (χ1v) is 7.68. The van der Waals surface area contributed by atoms with Gasteiger partial charge in [0.15, 0.2) is 0 Å². The van der Waals surface area contributed by atoms with Gasteiger partial charge in [0, 0.05) is 9.35 Å². The van der Waals surface area contributed by atoms with Crippen LogP contribution in [0.4, 0.5) is 0 Å². The van der Waals surface area contributed by atoms with Crippen molar-refractivity contribution in [3.8, 4) is 0 Å². The molecule has 2 aromatic rings. The van der Waals surface area contributed by atoms with Crippen molar-refractivity contribution < 1.29 is 0 Å². The lowest BCUT2D eigenvalue weighted by Gasteiger charge is -2.06. The van der Waals surface area contributed by atoms with Crippen LogP contribution in [0.3, 0.4) is 0 Å². The number of halogens is 2. The molecule has 2 rings (SSSR count).